The van der Waals surface area contributed by atoms with E-state index in [0.29, 0.717) is 11.5 Å². The van der Waals surface area contributed by atoms with Crippen molar-refractivity contribution < 1.29 is 19.4 Å². The third kappa shape index (κ3) is 7.50. The van der Waals surface area contributed by atoms with Gasteiger partial charge in [-0.25, -0.2) is 0 Å². The standard InChI is InChI=1S/C34H41NO4/c1-23-22-27(14-19-30(23)24-10-15-28(16-11-24)34(2,3)4)32(25-8-6-5-7-9-25)39-29-17-12-26(13-18-29)33(38)35-21-20-31(36)37/h10-19,22,25,32H,5-9,20-21H2,1-4H3,(H,35,38)(H,36,37). The molecule has 206 valence electrons. The molecule has 0 radical (unpaired) electrons. The summed E-state index contributed by atoms with van der Waals surface area (Å²) < 4.78 is 6.63. The molecule has 1 saturated carbocycles. The van der Waals surface area contributed by atoms with E-state index in [0.717, 1.165) is 18.6 Å². The number of amides is 1. The highest BCUT2D eigenvalue weighted by molar-refractivity contribution is 5.94. The highest BCUT2D eigenvalue weighted by Gasteiger charge is 2.27. The van der Waals surface area contributed by atoms with Crippen LogP contribution >= 0.6 is 0 Å². The Kier molecular flexibility index (Phi) is 9.11. The number of aliphatic carboxylic acids is 1. The van der Waals surface area contributed by atoms with Gasteiger partial charge in [-0.3, -0.25) is 9.59 Å². The molecule has 5 heteroatoms. The Morgan fingerprint density at radius 2 is 1.62 bits per heavy atom. The highest BCUT2D eigenvalue weighted by Crippen LogP contribution is 2.39. The zero-order valence-corrected chi connectivity index (χ0v) is 23.6. The van der Waals surface area contributed by atoms with Crippen molar-refractivity contribution in [1.82, 2.24) is 5.32 Å². The van der Waals surface area contributed by atoms with E-state index in [9.17, 15) is 9.59 Å². The molecule has 1 amide bonds. The maximum absolute atomic E-state index is 12.3. The van der Waals surface area contributed by atoms with Gasteiger partial charge in [-0.15, -0.1) is 0 Å². The molecule has 1 fully saturated rings. The number of hydrogen-bond acceptors (Lipinski definition) is 3. The van der Waals surface area contributed by atoms with Crippen molar-refractivity contribution in [2.75, 3.05) is 6.54 Å². The molecule has 0 aromatic heterocycles. The first-order chi connectivity index (χ1) is 18.6. The van der Waals surface area contributed by atoms with Gasteiger partial charge < -0.3 is 15.2 Å². The van der Waals surface area contributed by atoms with Crippen molar-refractivity contribution in [1.29, 1.82) is 0 Å². The molecule has 0 heterocycles. The number of aryl methyl sites for hydroxylation is 1. The molecule has 2 N–H and O–H groups in total. The second-order valence-electron chi connectivity index (χ2n) is 11.8. The lowest BCUT2D eigenvalue weighted by atomic mass is 9.81. The molecular formula is C34H41NO4. The number of rotatable bonds is 9. The second kappa shape index (κ2) is 12.5. The maximum Gasteiger partial charge on any atom is 0.305 e. The van der Waals surface area contributed by atoms with Gasteiger partial charge >= 0.3 is 5.97 Å². The molecule has 39 heavy (non-hydrogen) atoms. The molecule has 1 unspecified atom stereocenters. The summed E-state index contributed by atoms with van der Waals surface area (Å²) >= 11 is 0. The molecule has 3 aromatic carbocycles. The molecule has 0 aliphatic heterocycles. The largest absolute Gasteiger partial charge is 0.485 e. The molecular weight excluding hydrogens is 486 g/mol. The Balaban J connectivity index is 1.53. The molecule has 1 atom stereocenters. The highest BCUT2D eigenvalue weighted by atomic mass is 16.5. The van der Waals surface area contributed by atoms with Gasteiger partial charge in [0.1, 0.15) is 11.9 Å². The van der Waals surface area contributed by atoms with Gasteiger partial charge in [0.15, 0.2) is 0 Å². The van der Waals surface area contributed by atoms with Crippen molar-refractivity contribution in [2.24, 2.45) is 5.92 Å². The number of carboxylic acids is 1. The maximum atomic E-state index is 12.3. The van der Waals surface area contributed by atoms with Crippen LogP contribution in [0.1, 0.15) is 92.4 Å². The average Bonchev–Trinajstić information content (AvgIpc) is 2.92. The first-order valence-corrected chi connectivity index (χ1v) is 14.1. The second-order valence-corrected chi connectivity index (χ2v) is 11.8. The number of carbonyl (C=O) groups excluding carboxylic acids is 1. The van der Waals surface area contributed by atoms with E-state index in [2.05, 4.69) is 75.5 Å². The van der Waals surface area contributed by atoms with Crippen LogP contribution < -0.4 is 10.1 Å². The van der Waals surface area contributed by atoms with Crippen LogP contribution in [0.5, 0.6) is 5.75 Å². The van der Waals surface area contributed by atoms with Gasteiger partial charge in [0.2, 0.25) is 0 Å². The third-order valence-electron chi connectivity index (χ3n) is 7.72. The summed E-state index contributed by atoms with van der Waals surface area (Å²) in [6.45, 7) is 8.98. The monoisotopic (exact) mass is 527 g/mol. The topological polar surface area (TPSA) is 75.6 Å². The summed E-state index contributed by atoms with van der Waals surface area (Å²) in [6, 6.07) is 22.7. The van der Waals surface area contributed by atoms with Gasteiger partial charge in [-0.2, -0.15) is 0 Å². The summed E-state index contributed by atoms with van der Waals surface area (Å²) in [5, 5.41) is 11.4. The summed E-state index contributed by atoms with van der Waals surface area (Å²) in [6.07, 6.45) is 5.84. The van der Waals surface area contributed by atoms with E-state index in [1.54, 1.807) is 12.1 Å². The Morgan fingerprint density at radius 3 is 2.21 bits per heavy atom. The molecule has 4 rings (SSSR count). The molecule has 3 aromatic rings. The predicted molar refractivity (Wildman–Crippen MR) is 156 cm³/mol. The van der Waals surface area contributed by atoms with Crippen molar-refractivity contribution in [2.45, 2.75) is 77.7 Å². The van der Waals surface area contributed by atoms with Crippen molar-refractivity contribution in [3.05, 3.63) is 89.0 Å². The number of benzene rings is 3. The van der Waals surface area contributed by atoms with Gasteiger partial charge in [0.25, 0.3) is 5.91 Å². The lowest BCUT2D eigenvalue weighted by molar-refractivity contribution is -0.136. The first kappa shape index (κ1) is 28.4. The molecule has 0 saturated heterocycles. The quantitative estimate of drug-likeness (QED) is 0.297. The van der Waals surface area contributed by atoms with Crippen LogP contribution in [-0.4, -0.2) is 23.5 Å². The van der Waals surface area contributed by atoms with Crippen LogP contribution in [-0.2, 0) is 10.2 Å². The molecule has 0 spiro atoms. The van der Waals surface area contributed by atoms with Crippen molar-refractivity contribution >= 4 is 11.9 Å². The van der Waals surface area contributed by atoms with E-state index < -0.39 is 5.97 Å². The summed E-state index contributed by atoms with van der Waals surface area (Å²) in [7, 11) is 0. The molecule has 5 nitrogen and oxygen atoms in total. The van der Waals surface area contributed by atoms with Crippen LogP contribution in [0.25, 0.3) is 11.1 Å². The summed E-state index contributed by atoms with van der Waals surface area (Å²) in [5.74, 6) is -0.0517. The van der Waals surface area contributed by atoms with E-state index in [1.165, 1.54) is 47.1 Å². The number of nitrogens with one attached hydrogen (secondary N) is 1. The Hall–Kier alpha value is -3.60. The van der Waals surface area contributed by atoms with Crippen LogP contribution in [0.4, 0.5) is 0 Å². The van der Waals surface area contributed by atoms with Crippen LogP contribution in [0.2, 0.25) is 0 Å². The van der Waals surface area contributed by atoms with E-state index in [4.69, 9.17) is 9.84 Å². The van der Waals surface area contributed by atoms with Gasteiger partial charge in [0.05, 0.1) is 6.42 Å². The fraction of sp³-hybridized carbons (Fsp3) is 0.412. The Bertz CT molecular complexity index is 1270. The normalized spacial score (nSPS) is 15.0. The minimum Gasteiger partial charge on any atom is -0.485 e. The fourth-order valence-electron chi connectivity index (χ4n) is 5.43. The van der Waals surface area contributed by atoms with E-state index in [1.807, 2.05) is 12.1 Å². The molecule has 1 aliphatic rings. The van der Waals surface area contributed by atoms with Crippen molar-refractivity contribution in [3.63, 3.8) is 0 Å². The van der Waals surface area contributed by atoms with Crippen LogP contribution in [0.15, 0.2) is 66.7 Å². The lowest BCUT2D eigenvalue weighted by Gasteiger charge is -2.31. The van der Waals surface area contributed by atoms with E-state index in [-0.39, 0.29) is 30.4 Å². The minimum atomic E-state index is -0.936. The van der Waals surface area contributed by atoms with Crippen molar-refractivity contribution in [3.8, 4) is 16.9 Å². The van der Waals surface area contributed by atoms with E-state index >= 15 is 0 Å². The first-order valence-electron chi connectivity index (χ1n) is 14.1. The Morgan fingerprint density at radius 1 is 0.949 bits per heavy atom. The van der Waals surface area contributed by atoms with Gasteiger partial charge in [-0.05, 0) is 77.3 Å². The summed E-state index contributed by atoms with van der Waals surface area (Å²) in [4.78, 5) is 23.0. The Labute approximate surface area is 232 Å². The zero-order valence-electron chi connectivity index (χ0n) is 23.6. The number of hydrogen-bond donors (Lipinski definition) is 2. The zero-order chi connectivity index (χ0) is 28.0. The number of carboxylic acid groups (broad SMARTS) is 1. The van der Waals surface area contributed by atoms with Gasteiger partial charge in [0, 0.05) is 18.0 Å². The average molecular weight is 528 g/mol. The third-order valence-corrected chi connectivity index (χ3v) is 7.72. The number of ether oxygens (including phenoxy) is 1. The molecule has 1 aliphatic carbocycles. The van der Waals surface area contributed by atoms with Crippen LogP contribution in [0.3, 0.4) is 0 Å². The minimum absolute atomic E-state index is 0.0587. The SMILES string of the molecule is Cc1cc(C(Oc2ccc(C(=O)NCCC(=O)O)cc2)C2CCCCC2)ccc1-c1ccc(C(C)(C)C)cc1. The predicted octanol–water partition coefficient (Wildman–Crippen LogP) is 7.86. The lowest BCUT2D eigenvalue weighted by Crippen LogP contribution is -2.26. The summed E-state index contributed by atoms with van der Waals surface area (Å²) in [5.41, 5.74) is 6.82. The fourth-order valence-corrected chi connectivity index (χ4v) is 5.43. The molecule has 0 bridgehead atoms. The smallest absolute Gasteiger partial charge is 0.305 e. The van der Waals surface area contributed by atoms with Crippen LogP contribution in [0, 0.1) is 12.8 Å². The van der Waals surface area contributed by atoms with Gasteiger partial charge in [-0.1, -0.05) is 82.5 Å². The number of carbonyl (C=O) groups is 2.